The van der Waals surface area contributed by atoms with E-state index in [-0.39, 0.29) is 0 Å². The molecule has 6 nitrogen and oxygen atoms in total. The van der Waals surface area contributed by atoms with E-state index in [0.717, 1.165) is 43.8 Å². The molecule has 0 bridgehead atoms. The average molecular weight is 415 g/mol. The number of aliphatic imine (C=N–C) groups is 1. The number of rotatable bonds is 8. The predicted octanol–water partition coefficient (Wildman–Crippen LogP) is 2.77. The first-order valence-corrected chi connectivity index (χ1v) is 11.6. The summed E-state index contributed by atoms with van der Waals surface area (Å²) in [6.45, 7) is 2.67. The van der Waals surface area contributed by atoms with E-state index in [9.17, 15) is 8.42 Å². The molecule has 156 valence electrons. The van der Waals surface area contributed by atoms with Crippen LogP contribution in [0.1, 0.15) is 30.4 Å². The Bertz CT molecular complexity index is 890. The van der Waals surface area contributed by atoms with E-state index < -0.39 is 10.0 Å². The SMILES string of the molecule is CN=C(NCCCc1ccccc1)NCc1ccc(S(=O)(=O)N2CCCC2)cc1. The fraction of sp³-hybridized carbons (Fsp3) is 0.409. The molecular weight excluding hydrogens is 384 g/mol. The Balaban J connectivity index is 1.44. The van der Waals surface area contributed by atoms with Crippen molar-refractivity contribution < 1.29 is 8.42 Å². The van der Waals surface area contributed by atoms with Crippen molar-refractivity contribution in [2.75, 3.05) is 26.7 Å². The molecule has 0 unspecified atom stereocenters. The number of hydrogen-bond donors (Lipinski definition) is 2. The van der Waals surface area contributed by atoms with Crippen LogP contribution >= 0.6 is 0 Å². The van der Waals surface area contributed by atoms with Crippen molar-refractivity contribution in [1.29, 1.82) is 0 Å². The van der Waals surface area contributed by atoms with Crippen molar-refractivity contribution in [3.8, 4) is 0 Å². The van der Waals surface area contributed by atoms with Crippen LogP contribution in [-0.2, 0) is 23.0 Å². The average Bonchev–Trinajstić information content (AvgIpc) is 3.30. The van der Waals surface area contributed by atoms with Crippen molar-refractivity contribution in [1.82, 2.24) is 14.9 Å². The lowest BCUT2D eigenvalue weighted by Crippen LogP contribution is -2.37. The number of nitrogens with zero attached hydrogens (tertiary/aromatic N) is 2. The minimum atomic E-state index is -3.35. The molecule has 0 atom stereocenters. The van der Waals surface area contributed by atoms with E-state index in [2.05, 4.69) is 39.9 Å². The zero-order valence-electron chi connectivity index (χ0n) is 17.0. The monoisotopic (exact) mass is 414 g/mol. The standard InChI is InChI=1S/C22H30N4O2S/c1-23-22(24-15-7-10-19-8-3-2-4-9-19)25-18-20-11-13-21(14-12-20)29(27,28)26-16-5-6-17-26/h2-4,8-9,11-14H,5-7,10,15-18H2,1H3,(H2,23,24,25). The van der Waals surface area contributed by atoms with Gasteiger partial charge in [0, 0.05) is 33.2 Å². The summed E-state index contributed by atoms with van der Waals surface area (Å²) in [6.07, 6.45) is 3.93. The Hall–Kier alpha value is -2.38. The molecule has 29 heavy (non-hydrogen) atoms. The highest BCUT2D eigenvalue weighted by atomic mass is 32.2. The van der Waals surface area contributed by atoms with Gasteiger partial charge in [0.05, 0.1) is 4.90 Å². The van der Waals surface area contributed by atoms with Crippen molar-refractivity contribution in [3.63, 3.8) is 0 Å². The summed E-state index contributed by atoms with van der Waals surface area (Å²) in [5.41, 5.74) is 2.35. The van der Waals surface area contributed by atoms with E-state index in [0.29, 0.717) is 24.5 Å². The van der Waals surface area contributed by atoms with Gasteiger partial charge in [0.25, 0.3) is 0 Å². The van der Waals surface area contributed by atoms with Gasteiger partial charge in [0.2, 0.25) is 10.0 Å². The highest BCUT2D eigenvalue weighted by Gasteiger charge is 2.26. The van der Waals surface area contributed by atoms with Crippen LogP contribution < -0.4 is 10.6 Å². The molecule has 1 fully saturated rings. The summed E-state index contributed by atoms with van der Waals surface area (Å²) >= 11 is 0. The van der Waals surface area contributed by atoms with E-state index >= 15 is 0 Å². The molecule has 7 heteroatoms. The van der Waals surface area contributed by atoms with Gasteiger partial charge in [-0.25, -0.2) is 8.42 Å². The molecule has 0 amide bonds. The molecule has 0 aliphatic carbocycles. The van der Waals surface area contributed by atoms with Gasteiger partial charge in [-0.2, -0.15) is 4.31 Å². The van der Waals surface area contributed by atoms with Crippen molar-refractivity contribution in [2.24, 2.45) is 4.99 Å². The van der Waals surface area contributed by atoms with Crippen LogP contribution in [0.15, 0.2) is 64.5 Å². The summed E-state index contributed by atoms with van der Waals surface area (Å²) < 4.78 is 26.7. The first-order valence-electron chi connectivity index (χ1n) is 10.2. The molecule has 1 heterocycles. The Morgan fingerprint density at radius 3 is 2.31 bits per heavy atom. The maximum absolute atomic E-state index is 12.6. The van der Waals surface area contributed by atoms with Crippen LogP contribution in [0.3, 0.4) is 0 Å². The highest BCUT2D eigenvalue weighted by molar-refractivity contribution is 7.89. The summed E-state index contributed by atoms with van der Waals surface area (Å²) in [6, 6.07) is 17.5. The molecule has 2 N–H and O–H groups in total. The lowest BCUT2D eigenvalue weighted by Gasteiger charge is -2.16. The van der Waals surface area contributed by atoms with Gasteiger partial charge in [-0.3, -0.25) is 4.99 Å². The van der Waals surface area contributed by atoms with E-state index in [1.807, 2.05) is 18.2 Å². The van der Waals surface area contributed by atoms with E-state index in [1.165, 1.54) is 5.56 Å². The molecule has 0 radical (unpaired) electrons. The van der Waals surface area contributed by atoms with Crippen molar-refractivity contribution >= 4 is 16.0 Å². The number of hydrogen-bond acceptors (Lipinski definition) is 3. The second-order valence-electron chi connectivity index (χ2n) is 7.20. The molecule has 2 aromatic carbocycles. The molecule has 1 saturated heterocycles. The Kier molecular flexibility index (Phi) is 7.66. The Morgan fingerprint density at radius 2 is 1.66 bits per heavy atom. The van der Waals surface area contributed by atoms with Gasteiger partial charge in [0.1, 0.15) is 0 Å². The van der Waals surface area contributed by atoms with Crippen LogP contribution in [0, 0.1) is 0 Å². The number of guanidine groups is 1. The van der Waals surface area contributed by atoms with Crippen LogP contribution in [0.4, 0.5) is 0 Å². The predicted molar refractivity (Wildman–Crippen MR) is 117 cm³/mol. The quantitative estimate of drug-likeness (QED) is 0.396. The number of benzene rings is 2. The van der Waals surface area contributed by atoms with Crippen molar-refractivity contribution in [2.45, 2.75) is 37.1 Å². The largest absolute Gasteiger partial charge is 0.356 e. The minimum absolute atomic E-state index is 0.367. The summed E-state index contributed by atoms with van der Waals surface area (Å²) in [5.74, 6) is 0.742. The lowest BCUT2D eigenvalue weighted by molar-refractivity contribution is 0.477. The fourth-order valence-electron chi connectivity index (χ4n) is 3.41. The summed E-state index contributed by atoms with van der Waals surface area (Å²) in [4.78, 5) is 4.62. The topological polar surface area (TPSA) is 73.8 Å². The second kappa shape index (κ2) is 10.4. The summed E-state index contributed by atoms with van der Waals surface area (Å²) in [5, 5.41) is 6.60. The summed E-state index contributed by atoms with van der Waals surface area (Å²) in [7, 11) is -1.60. The zero-order chi connectivity index (χ0) is 20.5. The van der Waals surface area contributed by atoms with Crippen molar-refractivity contribution in [3.05, 3.63) is 65.7 Å². The fourth-order valence-corrected chi connectivity index (χ4v) is 4.92. The van der Waals surface area contributed by atoms with Gasteiger partial charge >= 0.3 is 0 Å². The second-order valence-corrected chi connectivity index (χ2v) is 9.13. The van der Waals surface area contributed by atoms with E-state index in [1.54, 1.807) is 23.5 Å². The first-order chi connectivity index (χ1) is 14.1. The lowest BCUT2D eigenvalue weighted by atomic mass is 10.1. The van der Waals surface area contributed by atoms with Gasteiger partial charge in [-0.15, -0.1) is 0 Å². The number of nitrogens with one attached hydrogen (secondary N) is 2. The Morgan fingerprint density at radius 1 is 0.966 bits per heavy atom. The van der Waals surface area contributed by atoms with Crippen LogP contribution in [0.5, 0.6) is 0 Å². The molecule has 0 saturated carbocycles. The van der Waals surface area contributed by atoms with Gasteiger partial charge < -0.3 is 10.6 Å². The maximum Gasteiger partial charge on any atom is 0.243 e. The third-order valence-corrected chi connectivity index (χ3v) is 7.00. The third-order valence-electron chi connectivity index (χ3n) is 5.09. The smallest absolute Gasteiger partial charge is 0.243 e. The molecule has 0 spiro atoms. The molecular formula is C22H30N4O2S. The van der Waals surface area contributed by atoms with Crippen LogP contribution in [-0.4, -0.2) is 45.4 Å². The van der Waals surface area contributed by atoms with Gasteiger partial charge in [0.15, 0.2) is 5.96 Å². The maximum atomic E-state index is 12.6. The van der Waals surface area contributed by atoms with Gasteiger partial charge in [-0.1, -0.05) is 42.5 Å². The molecule has 2 aromatic rings. The van der Waals surface area contributed by atoms with Crippen LogP contribution in [0.2, 0.25) is 0 Å². The Labute approximate surface area is 174 Å². The zero-order valence-corrected chi connectivity index (χ0v) is 17.8. The van der Waals surface area contributed by atoms with E-state index in [4.69, 9.17) is 0 Å². The normalized spacial score (nSPS) is 15.4. The van der Waals surface area contributed by atoms with Gasteiger partial charge in [-0.05, 0) is 48.9 Å². The number of aryl methyl sites for hydroxylation is 1. The number of sulfonamides is 1. The first kappa shape index (κ1) is 21.3. The highest BCUT2D eigenvalue weighted by Crippen LogP contribution is 2.21. The van der Waals surface area contributed by atoms with Crippen LogP contribution in [0.25, 0.3) is 0 Å². The molecule has 0 aromatic heterocycles. The molecule has 1 aliphatic heterocycles. The minimum Gasteiger partial charge on any atom is -0.356 e. The molecule has 3 rings (SSSR count). The molecule has 1 aliphatic rings. The third kappa shape index (κ3) is 6.05.